The predicted molar refractivity (Wildman–Crippen MR) is 111 cm³/mol. The number of aryl methyl sites for hydroxylation is 1. The molecule has 1 amide bonds. The van der Waals surface area contributed by atoms with E-state index in [1.807, 2.05) is 13.0 Å². The molecule has 1 aromatic heterocycles. The number of carbonyl (C=O) groups excluding carboxylic acids is 1. The van der Waals surface area contributed by atoms with Gasteiger partial charge in [-0.2, -0.15) is 5.10 Å². The molecule has 0 spiro atoms. The zero-order valence-electron chi connectivity index (χ0n) is 16.6. The largest absolute Gasteiger partial charge is 0.392 e. The minimum absolute atomic E-state index is 0.0509. The van der Waals surface area contributed by atoms with Gasteiger partial charge in [-0.25, -0.2) is 5.43 Å². The molecule has 0 saturated carbocycles. The molecule has 28 heavy (non-hydrogen) atoms. The first-order chi connectivity index (χ1) is 13.6. The van der Waals surface area contributed by atoms with Crippen molar-refractivity contribution in [3.05, 3.63) is 40.6 Å². The van der Waals surface area contributed by atoms with Gasteiger partial charge in [-0.3, -0.25) is 9.79 Å². The van der Waals surface area contributed by atoms with Crippen LogP contribution >= 0.6 is 0 Å². The third kappa shape index (κ3) is 4.07. The molecule has 8 nitrogen and oxygen atoms in total. The van der Waals surface area contributed by atoms with E-state index >= 15 is 0 Å². The number of amides is 1. The second-order valence-electron chi connectivity index (χ2n) is 6.82. The van der Waals surface area contributed by atoms with Crippen molar-refractivity contribution in [3.63, 3.8) is 0 Å². The van der Waals surface area contributed by atoms with E-state index in [1.54, 1.807) is 18.6 Å². The highest BCUT2D eigenvalue weighted by molar-refractivity contribution is 6.24. The number of aromatic amines is 1. The fraction of sp³-hybridized carbons (Fsp3) is 0.450. The molecular formula is C20H28N6O2. The van der Waals surface area contributed by atoms with Gasteiger partial charge in [0.25, 0.3) is 5.91 Å². The number of nitrogens with one attached hydrogen (secondary N) is 3. The average Bonchev–Trinajstić information content (AvgIpc) is 3.25. The smallest absolute Gasteiger partial charge is 0.254 e. The lowest BCUT2D eigenvalue weighted by atomic mass is 9.99. The molecule has 0 radical (unpaired) electrons. The molecule has 8 heteroatoms. The Hall–Kier alpha value is -2.71. The second kappa shape index (κ2) is 8.99. The fourth-order valence-corrected chi connectivity index (χ4v) is 3.60. The summed E-state index contributed by atoms with van der Waals surface area (Å²) in [6.45, 7) is 9.24. The molecule has 0 aliphatic carbocycles. The Balaban J connectivity index is 1.89. The minimum Gasteiger partial charge on any atom is -0.392 e. The highest BCUT2D eigenvalue weighted by atomic mass is 16.3. The van der Waals surface area contributed by atoms with Gasteiger partial charge in [0.1, 0.15) is 5.92 Å². The minimum atomic E-state index is -0.528. The van der Waals surface area contributed by atoms with Crippen LogP contribution in [0.2, 0.25) is 0 Å². The molecule has 4 N–H and O–H groups in total. The van der Waals surface area contributed by atoms with Gasteiger partial charge in [-0.15, -0.1) is 0 Å². The van der Waals surface area contributed by atoms with Crippen LogP contribution in [-0.2, 0) is 17.8 Å². The van der Waals surface area contributed by atoms with Gasteiger partial charge in [0.15, 0.2) is 0 Å². The molecular weight excluding hydrogens is 356 g/mol. The number of H-pyrrole nitrogens is 1. The Kier molecular flexibility index (Phi) is 6.43. The van der Waals surface area contributed by atoms with Crippen molar-refractivity contribution in [2.75, 3.05) is 19.6 Å². The van der Waals surface area contributed by atoms with Gasteiger partial charge in [-0.05, 0) is 38.1 Å². The van der Waals surface area contributed by atoms with Crippen LogP contribution in [0.3, 0.4) is 0 Å². The number of hydrogen-bond donors (Lipinski definition) is 4. The third-order valence-corrected chi connectivity index (χ3v) is 5.26. The van der Waals surface area contributed by atoms with E-state index in [0.29, 0.717) is 11.4 Å². The third-order valence-electron chi connectivity index (χ3n) is 5.26. The van der Waals surface area contributed by atoms with E-state index in [4.69, 9.17) is 0 Å². The topological polar surface area (TPSA) is 105 Å². The SMILES string of the molecule is CCN(CC)CCc1c(C)[nH]c(C=C2NC=CN=C2C2C=NNC2=O)c1CO. The van der Waals surface area contributed by atoms with Crippen LogP contribution in [0.25, 0.3) is 6.08 Å². The van der Waals surface area contributed by atoms with E-state index in [9.17, 15) is 9.90 Å². The maximum atomic E-state index is 12.0. The molecule has 0 saturated heterocycles. The lowest BCUT2D eigenvalue weighted by Gasteiger charge is -2.18. The first kappa shape index (κ1) is 20.0. The molecule has 0 fully saturated rings. The van der Waals surface area contributed by atoms with Crippen molar-refractivity contribution >= 4 is 23.9 Å². The molecule has 150 valence electrons. The predicted octanol–water partition coefficient (Wildman–Crippen LogP) is 1.29. The van der Waals surface area contributed by atoms with E-state index in [0.717, 1.165) is 48.6 Å². The quantitative estimate of drug-likeness (QED) is 0.542. The van der Waals surface area contributed by atoms with Crippen molar-refractivity contribution < 1.29 is 9.90 Å². The molecule has 2 aliphatic rings. The van der Waals surface area contributed by atoms with Crippen LogP contribution < -0.4 is 10.7 Å². The van der Waals surface area contributed by atoms with Crippen molar-refractivity contribution in [2.24, 2.45) is 16.0 Å². The number of rotatable bonds is 8. The summed E-state index contributed by atoms with van der Waals surface area (Å²) in [5.41, 5.74) is 7.66. The summed E-state index contributed by atoms with van der Waals surface area (Å²) >= 11 is 0. The Bertz CT molecular complexity index is 845. The van der Waals surface area contributed by atoms with E-state index in [1.165, 1.54) is 0 Å². The molecule has 1 atom stereocenters. The number of aliphatic imine (C=N–C) groups is 1. The first-order valence-electron chi connectivity index (χ1n) is 9.66. The van der Waals surface area contributed by atoms with Gasteiger partial charge >= 0.3 is 0 Å². The summed E-state index contributed by atoms with van der Waals surface area (Å²) in [7, 11) is 0. The van der Waals surface area contributed by atoms with Crippen LogP contribution in [0.1, 0.15) is 36.4 Å². The van der Waals surface area contributed by atoms with Gasteiger partial charge in [-0.1, -0.05) is 13.8 Å². The van der Waals surface area contributed by atoms with Crippen LogP contribution in [0.15, 0.2) is 28.2 Å². The lowest BCUT2D eigenvalue weighted by molar-refractivity contribution is -0.120. The summed E-state index contributed by atoms with van der Waals surface area (Å²) in [6, 6.07) is 0. The Labute approximate surface area is 165 Å². The number of carbonyl (C=O) groups is 1. The summed E-state index contributed by atoms with van der Waals surface area (Å²) in [5, 5.41) is 17.0. The molecule has 1 unspecified atom stereocenters. The Morgan fingerprint density at radius 3 is 2.71 bits per heavy atom. The molecule has 0 aromatic carbocycles. The van der Waals surface area contributed by atoms with Crippen LogP contribution in [0.5, 0.6) is 0 Å². The van der Waals surface area contributed by atoms with Crippen LogP contribution in [0.4, 0.5) is 0 Å². The van der Waals surface area contributed by atoms with Gasteiger partial charge in [0.05, 0.1) is 18.0 Å². The van der Waals surface area contributed by atoms with Gasteiger partial charge < -0.3 is 20.3 Å². The van der Waals surface area contributed by atoms with E-state index < -0.39 is 5.92 Å². The summed E-state index contributed by atoms with van der Waals surface area (Å²) in [6.07, 6.45) is 7.66. The summed E-state index contributed by atoms with van der Waals surface area (Å²) < 4.78 is 0. The first-order valence-corrected chi connectivity index (χ1v) is 9.66. The van der Waals surface area contributed by atoms with Gasteiger partial charge in [0, 0.05) is 42.1 Å². The number of hydrogen-bond acceptors (Lipinski definition) is 6. The number of aliphatic hydroxyl groups excluding tert-OH is 1. The van der Waals surface area contributed by atoms with Crippen molar-refractivity contribution in [1.82, 2.24) is 20.6 Å². The number of nitrogens with zero attached hydrogens (tertiary/aromatic N) is 3. The monoisotopic (exact) mass is 384 g/mol. The molecule has 3 heterocycles. The number of allylic oxidation sites excluding steroid dienone is 1. The number of likely N-dealkylation sites (N-methyl/N-ethyl adjacent to an activating group) is 1. The Morgan fingerprint density at radius 1 is 1.29 bits per heavy atom. The Morgan fingerprint density at radius 2 is 2.07 bits per heavy atom. The second-order valence-corrected chi connectivity index (χ2v) is 6.82. The summed E-state index contributed by atoms with van der Waals surface area (Å²) in [5.74, 6) is -0.730. The van der Waals surface area contributed by atoms with E-state index in [-0.39, 0.29) is 12.5 Å². The zero-order chi connectivity index (χ0) is 20.1. The molecule has 1 aromatic rings. The normalized spacial score (nSPS) is 20.0. The molecule has 3 rings (SSSR count). The van der Waals surface area contributed by atoms with E-state index in [2.05, 4.69) is 44.6 Å². The summed E-state index contributed by atoms with van der Waals surface area (Å²) in [4.78, 5) is 22.1. The zero-order valence-corrected chi connectivity index (χ0v) is 16.6. The van der Waals surface area contributed by atoms with Crippen molar-refractivity contribution in [1.29, 1.82) is 0 Å². The van der Waals surface area contributed by atoms with Crippen LogP contribution in [0, 0.1) is 12.8 Å². The number of aromatic nitrogens is 1. The van der Waals surface area contributed by atoms with Crippen molar-refractivity contribution in [2.45, 2.75) is 33.8 Å². The molecule has 0 bridgehead atoms. The molecule has 2 aliphatic heterocycles. The number of aliphatic hydroxyl groups is 1. The average molecular weight is 384 g/mol. The standard InChI is InChI=1S/C20H28N6O2/c1-4-26(5-2)9-6-14-13(3)24-17(16(14)12-27)10-18-19(22-8-7-21-18)15-11-23-25-20(15)28/h7-8,10-11,15,21,24,27H,4-6,9,12H2,1-3H3,(H,25,28). The van der Waals surface area contributed by atoms with Crippen LogP contribution in [-0.4, -0.2) is 52.5 Å². The lowest BCUT2D eigenvalue weighted by Crippen LogP contribution is -2.32. The van der Waals surface area contributed by atoms with Crippen molar-refractivity contribution in [3.8, 4) is 0 Å². The van der Waals surface area contributed by atoms with Gasteiger partial charge in [0.2, 0.25) is 0 Å². The highest BCUT2D eigenvalue weighted by Gasteiger charge is 2.29. The maximum absolute atomic E-state index is 12.0. The highest BCUT2D eigenvalue weighted by Crippen LogP contribution is 2.24. The fourth-order valence-electron chi connectivity index (χ4n) is 3.60. The number of hydrazone groups is 1. The maximum Gasteiger partial charge on any atom is 0.254 e.